The van der Waals surface area contributed by atoms with Gasteiger partial charge in [0.1, 0.15) is 0 Å². The van der Waals surface area contributed by atoms with Gasteiger partial charge in [0.25, 0.3) is 0 Å². The Hall–Kier alpha value is -2.76. The molecule has 6 nitrogen and oxygen atoms in total. The van der Waals surface area contributed by atoms with Gasteiger partial charge in [-0.1, -0.05) is 18.2 Å². The van der Waals surface area contributed by atoms with Crippen LogP contribution < -0.4 is 10.6 Å². The summed E-state index contributed by atoms with van der Waals surface area (Å²) in [6.07, 6.45) is 3.04. The molecule has 0 atom stereocenters. The predicted octanol–water partition coefficient (Wildman–Crippen LogP) is 2.82. The van der Waals surface area contributed by atoms with Crippen molar-refractivity contribution in [3.63, 3.8) is 0 Å². The molecule has 2 aromatic heterocycles. The van der Waals surface area contributed by atoms with E-state index in [0.29, 0.717) is 6.54 Å². The molecule has 0 saturated heterocycles. The second-order valence-electron chi connectivity index (χ2n) is 6.50. The average Bonchev–Trinajstić information content (AvgIpc) is 3.14. The lowest BCUT2D eigenvalue weighted by Crippen LogP contribution is -2.38. The van der Waals surface area contributed by atoms with Gasteiger partial charge in [-0.25, -0.2) is 4.99 Å². The van der Waals surface area contributed by atoms with Crippen molar-refractivity contribution in [1.29, 1.82) is 0 Å². The van der Waals surface area contributed by atoms with Crippen LogP contribution in [-0.4, -0.2) is 33.8 Å². The zero-order chi connectivity index (χ0) is 18.5. The second-order valence-corrected chi connectivity index (χ2v) is 6.50. The van der Waals surface area contributed by atoms with E-state index >= 15 is 0 Å². The Balaban J connectivity index is 1.63. The van der Waals surface area contributed by atoms with Crippen LogP contribution in [0, 0.1) is 13.8 Å². The molecule has 0 spiro atoms. The van der Waals surface area contributed by atoms with Crippen LogP contribution in [0.5, 0.6) is 0 Å². The second kappa shape index (κ2) is 8.08. The fourth-order valence-corrected chi connectivity index (χ4v) is 3.20. The van der Waals surface area contributed by atoms with Crippen LogP contribution >= 0.6 is 0 Å². The molecule has 0 radical (unpaired) electrons. The maximum Gasteiger partial charge on any atom is 0.191 e. The van der Waals surface area contributed by atoms with Crippen molar-refractivity contribution in [1.82, 2.24) is 25.4 Å². The number of guanidine groups is 1. The maximum atomic E-state index is 4.73. The molecule has 1 aromatic carbocycles. The quantitative estimate of drug-likeness (QED) is 0.472. The van der Waals surface area contributed by atoms with Gasteiger partial charge in [-0.3, -0.25) is 4.68 Å². The van der Waals surface area contributed by atoms with E-state index in [1.807, 2.05) is 18.7 Å². The van der Waals surface area contributed by atoms with Gasteiger partial charge in [0.05, 0.1) is 12.2 Å². The number of rotatable bonds is 6. The summed E-state index contributed by atoms with van der Waals surface area (Å²) in [5, 5.41) is 12.5. The van der Waals surface area contributed by atoms with Crippen molar-refractivity contribution in [2.45, 2.75) is 33.7 Å². The lowest BCUT2D eigenvalue weighted by Gasteiger charge is -2.11. The van der Waals surface area contributed by atoms with Crippen molar-refractivity contribution in [2.75, 3.05) is 13.1 Å². The van der Waals surface area contributed by atoms with E-state index in [1.165, 1.54) is 27.7 Å². The molecular weight excluding hydrogens is 324 g/mol. The zero-order valence-electron chi connectivity index (χ0n) is 16.1. The Morgan fingerprint density at radius 2 is 2.04 bits per heavy atom. The van der Waals surface area contributed by atoms with Gasteiger partial charge in [-0.2, -0.15) is 5.10 Å². The first-order valence-electron chi connectivity index (χ1n) is 9.16. The third-order valence-electron chi connectivity index (χ3n) is 4.76. The minimum atomic E-state index is 0.633. The van der Waals surface area contributed by atoms with E-state index in [0.717, 1.165) is 31.2 Å². The molecule has 3 N–H and O–H groups in total. The van der Waals surface area contributed by atoms with Crippen molar-refractivity contribution in [3.05, 3.63) is 53.0 Å². The van der Waals surface area contributed by atoms with E-state index in [2.05, 4.69) is 65.0 Å². The Morgan fingerprint density at radius 3 is 2.77 bits per heavy atom. The summed E-state index contributed by atoms with van der Waals surface area (Å²) in [6.45, 7) is 8.51. The van der Waals surface area contributed by atoms with Gasteiger partial charge in [-0.15, -0.1) is 0 Å². The van der Waals surface area contributed by atoms with Crippen LogP contribution in [0.1, 0.15) is 29.4 Å². The Labute approximate surface area is 154 Å². The first kappa shape index (κ1) is 18.0. The summed E-state index contributed by atoms with van der Waals surface area (Å²) >= 11 is 0. The van der Waals surface area contributed by atoms with Gasteiger partial charge < -0.3 is 15.6 Å². The highest BCUT2D eigenvalue weighted by atomic mass is 15.3. The molecular formula is C20H28N6. The summed E-state index contributed by atoms with van der Waals surface area (Å²) in [7, 11) is 1.97. The molecule has 0 amide bonds. The van der Waals surface area contributed by atoms with E-state index in [4.69, 9.17) is 4.99 Å². The number of benzene rings is 1. The van der Waals surface area contributed by atoms with Gasteiger partial charge in [-0.05, 0) is 38.8 Å². The minimum absolute atomic E-state index is 0.633. The Morgan fingerprint density at radius 1 is 1.23 bits per heavy atom. The summed E-state index contributed by atoms with van der Waals surface area (Å²) in [5.41, 5.74) is 5.92. The number of aromatic amines is 1. The maximum absolute atomic E-state index is 4.73. The van der Waals surface area contributed by atoms with Crippen LogP contribution in [0.4, 0.5) is 0 Å². The fraction of sp³-hybridized carbons (Fsp3) is 0.400. The number of nitrogens with zero attached hydrogens (tertiary/aromatic N) is 3. The molecule has 3 aromatic rings. The van der Waals surface area contributed by atoms with E-state index in [9.17, 15) is 0 Å². The highest BCUT2D eigenvalue weighted by molar-refractivity contribution is 5.83. The van der Waals surface area contributed by atoms with E-state index in [1.54, 1.807) is 0 Å². The zero-order valence-corrected chi connectivity index (χ0v) is 16.1. The first-order chi connectivity index (χ1) is 12.6. The number of aromatic nitrogens is 3. The Bertz CT molecular complexity index is 902. The number of H-pyrrole nitrogens is 1. The Kier molecular flexibility index (Phi) is 5.61. The SMILES string of the molecule is CCNC(=NCc1c(C)nn(C)c1C)NCCc1c[nH]c2ccccc12. The summed E-state index contributed by atoms with van der Waals surface area (Å²) in [6, 6.07) is 8.40. The molecule has 0 aliphatic carbocycles. The average molecular weight is 352 g/mol. The van der Waals surface area contributed by atoms with Crippen LogP contribution in [0.2, 0.25) is 0 Å². The largest absolute Gasteiger partial charge is 0.361 e. The number of fused-ring (bicyclic) bond motifs is 1. The summed E-state index contributed by atoms with van der Waals surface area (Å²) in [4.78, 5) is 8.06. The normalized spacial score (nSPS) is 11.9. The number of aliphatic imine (C=N–C) groups is 1. The van der Waals surface area contributed by atoms with Gasteiger partial charge >= 0.3 is 0 Å². The molecule has 0 unspecified atom stereocenters. The minimum Gasteiger partial charge on any atom is -0.361 e. The molecule has 2 heterocycles. The number of aryl methyl sites for hydroxylation is 2. The van der Waals surface area contributed by atoms with Gasteiger partial charge in [0.2, 0.25) is 0 Å². The topological polar surface area (TPSA) is 70.0 Å². The lowest BCUT2D eigenvalue weighted by molar-refractivity contribution is 0.730. The first-order valence-corrected chi connectivity index (χ1v) is 9.16. The van der Waals surface area contributed by atoms with Crippen LogP contribution in [-0.2, 0) is 20.0 Å². The van der Waals surface area contributed by atoms with E-state index < -0.39 is 0 Å². The predicted molar refractivity (Wildman–Crippen MR) is 108 cm³/mol. The third kappa shape index (κ3) is 3.90. The summed E-state index contributed by atoms with van der Waals surface area (Å²) < 4.78 is 1.91. The number of hydrogen-bond donors (Lipinski definition) is 3. The van der Waals surface area contributed by atoms with Crippen LogP contribution in [0.25, 0.3) is 10.9 Å². The molecule has 0 saturated carbocycles. The highest BCUT2D eigenvalue weighted by Crippen LogP contribution is 2.17. The fourth-order valence-electron chi connectivity index (χ4n) is 3.20. The van der Waals surface area contributed by atoms with Crippen LogP contribution in [0.3, 0.4) is 0 Å². The molecule has 138 valence electrons. The molecule has 26 heavy (non-hydrogen) atoms. The number of para-hydroxylation sites is 1. The standard InChI is InChI=1S/C20H28N6/c1-5-21-20(24-13-18-14(2)25-26(4)15(18)3)22-11-10-16-12-23-19-9-7-6-8-17(16)19/h6-9,12,23H,5,10-11,13H2,1-4H3,(H2,21,22,24). The van der Waals surface area contributed by atoms with Crippen molar-refractivity contribution in [3.8, 4) is 0 Å². The molecule has 0 fully saturated rings. The highest BCUT2D eigenvalue weighted by Gasteiger charge is 2.09. The van der Waals surface area contributed by atoms with Gasteiger partial charge in [0.15, 0.2) is 5.96 Å². The monoisotopic (exact) mass is 352 g/mol. The smallest absolute Gasteiger partial charge is 0.191 e. The molecule has 0 bridgehead atoms. The van der Waals surface area contributed by atoms with Gasteiger partial charge in [0, 0.05) is 48.5 Å². The number of nitrogens with one attached hydrogen (secondary N) is 3. The van der Waals surface area contributed by atoms with Crippen LogP contribution in [0.15, 0.2) is 35.5 Å². The third-order valence-corrected chi connectivity index (χ3v) is 4.76. The molecule has 3 rings (SSSR count). The molecule has 0 aliphatic heterocycles. The molecule has 6 heteroatoms. The van der Waals surface area contributed by atoms with Crippen molar-refractivity contribution < 1.29 is 0 Å². The lowest BCUT2D eigenvalue weighted by atomic mass is 10.1. The van der Waals surface area contributed by atoms with E-state index in [-0.39, 0.29) is 0 Å². The number of hydrogen-bond acceptors (Lipinski definition) is 2. The molecule has 0 aliphatic rings. The summed E-state index contributed by atoms with van der Waals surface area (Å²) in [5.74, 6) is 0.843. The van der Waals surface area contributed by atoms with Crippen molar-refractivity contribution in [2.24, 2.45) is 12.0 Å². The van der Waals surface area contributed by atoms with Crippen molar-refractivity contribution >= 4 is 16.9 Å².